The molecular weight excluding hydrogens is 272 g/mol. The Hall–Kier alpha value is -2.17. The maximum absolute atomic E-state index is 11.1. The molecule has 0 aromatic heterocycles. The Morgan fingerprint density at radius 3 is 3.10 bits per heavy atom. The summed E-state index contributed by atoms with van der Waals surface area (Å²) in [5.74, 6) is 0. The van der Waals surface area contributed by atoms with Crippen molar-refractivity contribution >= 4 is 11.4 Å². The molecule has 1 aliphatic heterocycles. The predicted octanol–water partition coefficient (Wildman–Crippen LogP) is 1.75. The normalized spacial score (nSPS) is 19.0. The summed E-state index contributed by atoms with van der Waals surface area (Å²) in [7, 11) is 0. The van der Waals surface area contributed by atoms with Crippen molar-refractivity contribution in [2.75, 3.05) is 31.6 Å². The Bertz CT molecular complexity index is 556. The first kappa shape index (κ1) is 15.2. The number of nitro groups is 1. The number of anilines is 1. The number of ether oxygens (including phenoxy) is 1. The van der Waals surface area contributed by atoms with Crippen molar-refractivity contribution in [3.63, 3.8) is 0 Å². The Kier molecular flexibility index (Phi) is 5.09. The minimum atomic E-state index is -0.422. The van der Waals surface area contributed by atoms with Crippen LogP contribution in [0.4, 0.5) is 11.4 Å². The molecule has 0 saturated carbocycles. The summed E-state index contributed by atoms with van der Waals surface area (Å²) in [6, 6.07) is 7.30. The smallest absolute Gasteiger partial charge is 0.292 e. The summed E-state index contributed by atoms with van der Waals surface area (Å²) < 4.78 is 5.29. The highest BCUT2D eigenvalue weighted by molar-refractivity contribution is 5.62. The first-order valence-corrected chi connectivity index (χ1v) is 6.88. The summed E-state index contributed by atoms with van der Waals surface area (Å²) >= 11 is 0. The van der Waals surface area contributed by atoms with Crippen LogP contribution in [-0.2, 0) is 11.3 Å². The molecule has 0 bridgehead atoms. The van der Waals surface area contributed by atoms with E-state index >= 15 is 0 Å². The van der Waals surface area contributed by atoms with Gasteiger partial charge in [0, 0.05) is 32.2 Å². The molecule has 1 unspecified atom stereocenters. The summed E-state index contributed by atoms with van der Waals surface area (Å²) in [6.45, 7) is 4.87. The number of benzene rings is 1. The molecule has 112 valence electrons. The van der Waals surface area contributed by atoms with E-state index in [9.17, 15) is 10.1 Å². The molecule has 7 nitrogen and oxygen atoms in total. The van der Waals surface area contributed by atoms with Crippen molar-refractivity contribution in [3.8, 4) is 6.07 Å². The maximum Gasteiger partial charge on any atom is 0.292 e. The lowest BCUT2D eigenvalue weighted by Gasteiger charge is -2.29. The van der Waals surface area contributed by atoms with Crippen molar-refractivity contribution in [2.45, 2.75) is 19.6 Å². The van der Waals surface area contributed by atoms with E-state index < -0.39 is 6.10 Å². The zero-order valence-electron chi connectivity index (χ0n) is 11.9. The fourth-order valence-corrected chi connectivity index (χ4v) is 2.35. The summed E-state index contributed by atoms with van der Waals surface area (Å²) in [5.41, 5.74) is 1.48. The second-order valence-corrected chi connectivity index (χ2v) is 4.86. The number of nitrogens with one attached hydrogen (secondary N) is 1. The molecule has 1 fully saturated rings. The number of nitro benzene ring substituents is 1. The number of rotatable bonds is 5. The zero-order chi connectivity index (χ0) is 15.2. The van der Waals surface area contributed by atoms with Crippen LogP contribution in [0.2, 0.25) is 0 Å². The van der Waals surface area contributed by atoms with Crippen LogP contribution < -0.4 is 5.32 Å². The van der Waals surface area contributed by atoms with Crippen molar-refractivity contribution in [1.82, 2.24) is 4.90 Å². The Morgan fingerprint density at radius 1 is 1.62 bits per heavy atom. The van der Waals surface area contributed by atoms with Gasteiger partial charge in [0.05, 0.1) is 17.6 Å². The molecule has 0 aliphatic carbocycles. The van der Waals surface area contributed by atoms with Gasteiger partial charge in [0.15, 0.2) is 6.10 Å². The van der Waals surface area contributed by atoms with Crippen LogP contribution in [0.5, 0.6) is 0 Å². The average Bonchev–Trinajstić information content (AvgIpc) is 2.49. The molecule has 0 amide bonds. The van der Waals surface area contributed by atoms with E-state index in [2.05, 4.69) is 16.3 Å². The number of morpholine rings is 1. The first-order chi connectivity index (χ1) is 10.1. The van der Waals surface area contributed by atoms with Crippen LogP contribution in [0, 0.1) is 21.4 Å². The molecule has 21 heavy (non-hydrogen) atoms. The van der Waals surface area contributed by atoms with Crippen molar-refractivity contribution < 1.29 is 9.66 Å². The van der Waals surface area contributed by atoms with Crippen LogP contribution in [-0.4, -0.2) is 42.2 Å². The molecule has 2 rings (SSSR count). The van der Waals surface area contributed by atoms with Gasteiger partial charge in [-0.05, 0) is 18.6 Å². The van der Waals surface area contributed by atoms with Crippen LogP contribution >= 0.6 is 0 Å². The van der Waals surface area contributed by atoms with Gasteiger partial charge in [-0.2, -0.15) is 5.26 Å². The van der Waals surface area contributed by atoms with E-state index in [0.717, 1.165) is 12.1 Å². The molecule has 1 saturated heterocycles. The molecule has 7 heteroatoms. The minimum absolute atomic E-state index is 0.0828. The lowest BCUT2D eigenvalue weighted by atomic mass is 10.1. The molecule has 0 radical (unpaired) electrons. The fraction of sp³-hybridized carbons (Fsp3) is 0.500. The van der Waals surface area contributed by atoms with Gasteiger partial charge in [-0.15, -0.1) is 0 Å². The van der Waals surface area contributed by atoms with E-state index in [0.29, 0.717) is 31.9 Å². The Labute approximate surface area is 123 Å². The monoisotopic (exact) mass is 290 g/mol. The van der Waals surface area contributed by atoms with Gasteiger partial charge in [0.25, 0.3) is 5.69 Å². The first-order valence-electron chi connectivity index (χ1n) is 6.88. The van der Waals surface area contributed by atoms with Crippen LogP contribution in [0.25, 0.3) is 0 Å². The van der Waals surface area contributed by atoms with E-state index in [4.69, 9.17) is 10.00 Å². The second-order valence-electron chi connectivity index (χ2n) is 4.86. The highest BCUT2D eigenvalue weighted by Crippen LogP contribution is 2.26. The van der Waals surface area contributed by atoms with Gasteiger partial charge in [-0.1, -0.05) is 6.07 Å². The zero-order valence-corrected chi connectivity index (χ0v) is 11.9. The minimum Gasteiger partial charge on any atom is -0.380 e. The van der Waals surface area contributed by atoms with E-state index in [1.54, 1.807) is 12.1 Å². The second kappa shape index (κ2) is 7.02. The Balaban J connectivity index is 2.12. The molecule has 0 spiro atoms. The van der Waals surface area contributed by atoms with Gasteiger partial charge >= 0.3 is 0 Å². The molecule has 1 aromatic carbocycles. The molecule has 1 atom stereocenters. The van der Waals surface area contributed by atoms with E-state index in [1.165, 1.54) is 0 Å². The fourth-order valence-electron chi connectivity index (χ4n) is 2.35. The molecular formula is C14H18N4O3. The Morgan fingerprint density at radius 2 is 2.43 bits per heavy atom. The lowest BCUT2D eigenvalue weighted by Crippen LogP contribution is -2.41. The topological polar surface area (TPSA) is 91.4 Å². The van der Waals surface area contributed by atoms with Crippen LogP contribution in [0.3, 0.4) is 0 Å². The van der Waals surface area contributed by atoms with E-state index in [-0.39, 0.29) is 10.6 Å². The van der Waals surface area contributed by atoms with Gasteiger partial charge in [0.2, 0.25) is 0 Å². The third-order valence-corrected chi connectivity index (χ3v) is 3.33. The molecule has 1 aliphatic rings. The van der Waals surface area contributed by atoms with E-state index in [1.807, 2.05) is 13.0 Å². The molecule has 1 N–H and O–H groups in total. The highest BCUT2D eigenvalue weighted by atomic mass is 16.6. The molecule has 1 heterocycles. The van der Waals surface area contributed by atoms with Gasteiger partial charge in [-0.3, -0.25) is 15.0 Å². The van der Waals surface area contributed by atoms with Crippen molar-refractivity contribution in [1.29, 1.82) is 5.26 Å². The number of hydrogen-bond acceptors (Lipinski definition) is 6. The summed E-state index contributed by atoms with van der Waals surface area (Å²) in [5, 5.41) is 23.0. The molecule has 1 aromatic rings. The number of nitriles is 1. The number of hydrogen-bond donors (Lipinski definition) is 1. The lowest BCUT2D eigenvalue weighted by molar-refractivity contribution is -0.384. The SMILES string of the molecule is CCNc1ccc(CN2CCOC(C#N)C2)cc1[N+](=O)[O-]. The highest BCUT2D eigenvalue weighted by Gasteiger charge is 2.21. The quantitative estimate of drug-likeness (QED) is 0.656. The van der Waals surface area contributed by atoms with Gasteiger partial charge in [0.1, 0.15) is 5.69 Å². The largest absolute Gasteiger partial charge is 0.380 e. The maximum atomic E-state index is 11.1. The third-order valence-electron chi connectivity index (χ3n) is 3.33. The third kappa shape index (κ3) is 3.90. The standard InChI is InChI=1S/C14H18N4O3/c1-2-16-13-4-3-11(7-14(13)18(19)20)9-17-5-6-21-12(8-15)10-17/h3-4,7,12,16H,2,5-6,9-10H2,1H3. The van der Waals surface area contributed by atoms with Gasteiger partial charge in [-0.25, -0.2) is 0 Å². The van der Waals surface area contributed by atoms with Crippen molar-refractivity contribution in [3.05, 3.63) is 33.9 Å². The van der Waals surface area contributed by atoms with Crippen LogP contribution in [0.15, 0.2) is 18.2 Å². The predicted molar refractivity (Wildman–Crippen MR) is 77.9 cm³/mol. The van der Waals surface area contributed by atoms with Gasteiger partial charge < -0.3 is 10.1 Å². The summed E-state index contributed by atoms with van der Waals surface area (Å²) in [6.07, 6.45) is -0.422. The average molecular weight is 290 g/mol. The van der Waals surface area contributed by atoms with Crippen molar-refractivity contribution in [2.24, 2.45) is 0 Å². The summed E-state index contributed by atoms with van der Waals surface area (Å²) in [4.78, 5) is 12.8. The number of nitrogens with zero attached hydrogens (tertiary/aromatic N) is 3. The van der Waals surface area contributed by atoms with Crippen LogP contribution in [0.1, 0.15) is 12.5 Å².